The number of hydrogen-bond acceptors (Lipinski definition) is 3. The maximum atomic E-state index is 5.58. The topological polar surface area (TPSA) is 27.7 Å². The lowest BCUT2D eigenvalue weighted by Crippen LogP contribution is -2.34. The largest absolute Gasteiger partial charge is 0.351 e. The van der Waals surface area contributed by atoms with E-state index in [9.17, 15) is 0 Å². The highest BCUT2D eigenvalue weighted by atomic mass is 17.2. The molecule has 0 saturated heterocycles. The quantitative estimate of drug-likeness (QED) is 0.423. The van der Waals surface area contributed by atoms with E-state index in [1.165, 1.54) is 44.9 Å². The lowest BCUT2D eigenvalue weighted by Gasteiger charge is -2.30. The molecule has 1 rings (SSSR count). The van der Waals surface area contributed by atoms with Crippen molar-refractivity contribution in [2.75, 3.05) is 14.2 Å². The molecule has 0 aromatic heterocycles. The van der Waals surface area contributed by atoms with Gasteiger partial charge in [0.15, 0.2) is 0 Å². The molecule has 102 valence electrons. The Morgan fingerprint density at radius 1 is 0.647 bits per heavy atom. The molecule has 0 aromatic carbocycles. The number of hydrogen-bond donors (Lipinski definition) is 0. The first-order chi connectivity index (χ1) is 8.33. The van der Waals surface area contributed by atoms with Gasteiger partial charge in [0, 0.05) is 20.0 Å². The summed E-state index contributed by atoms with van der Waals surface area (Å²) < 4.78 is 5.58. The molecule has 0 N–H and O–H groups in total. The fourth-order valence-corrected chi connectivity index (χ4v) is 2.62. The molecule has 0 bridgehead atoms. The smallest absolute Gasteiger partial charge is 0.201 e. The second kappa shape index (κ2) is 8.90. The van der Waals surface area contributed by atoms with Crippen LogP contribution in [0.25, 0.3) is 0 Å². The van der Waals surface area contributed by atoms with Crippen LogP contribution in [0, 0.1) is 0 Å². The Balaban J connectivity index is 2.45. The van der Waals surface area contributed by atoms with Crippen LogP contribution in [0.2, 0.25) is 0 Å². The Morgan fingerprint density at radius 2 is 1.06 bits per heavy atom. The fraction of sp³-hybridized carbons (Fsp3) is 1.00. The zero-order valence-corrected chi connectivity index (χ0v) is 11.5. The van der Waals surface area contributed by atoms with E-state index in [-0.39, 0.29) is 0 Å². The molecule has 0 amide bonds. The van der Waals surface area contributed by atoms with Crippen molar-refractivity contribution in [3.05, 3.63) is 0 Å². The van der Waals surface area contributed by atoms with Gasteiger partial charge in [0.05, 0.1) is 7.11 Å². The van der Waals surface area contributed by atoms with Crippen molar-refractivity contribution in [1.82, 2.24) is 0 Å². The van der Waals surface area contributed by atoms with Crippen LogP contribution in [0.4, 0.5) is 0 Å². The fourth-order valence-electron chi connectivity index (χ4n) is 2.62. The third kappa shape index (κ3) is 5.84. The van der Waals surface area contributed by atoms with Crippen molar-refractivity contribution in [3.63, 3.8) is 0 Å². The summed E-state index contributed by atoms with van der Waals surface area (Å²) >= 11 is 0. The molecular formula is C14H28O3. The van der Waals surface area contributed by atoms with Gasteiger partial charge in [-0.2, -0.15) is 0 Å². The zero-order valence-electron chi connectivity index (χ0n) is 11.5. The minimum atomic E-state index is -0.506. The van der Waals surface area contributed by atoms with E-state index >= 15 is 0 Å². The third-order valence-corrected chi connectivity index (χ3v) is 3.72. The zero-order chi connectivity index (χ0) is 12.4. The summed E-state index contributed by atoms with van der Waals surface area (Å²) in [6.07, 6.45) is 13.6. The standard InChI is InChI=1S/C14H28O3/c1-15-14(17-16-2)12-10-8-6-4-3-5-7-9-11-13-14/h3-13H2,1-2H3. The van der Waals surface area contributed by atoms with Gasteiger partial charge < -0.3 is 4.74 Å². The summed E-state index contributed by atoms with van der Waals surface area (Å²) in [5.41, 5.74) is 0. The predicted molar refractivity (Wildman–Crippen MR) is 68.6 cm³/mol. The molecule has 17 heavy (non-hydrogen) atoms. The molecule has 0 aliphatic heterocycles. The lowest BCUT2D eigenvalue weighted by molar-refractivity contribution is -0.417. The van der Waals surface area contributed by atoms with E-state index in [1.807, 2.05) is 0 Å². The first-order valence-corrected chi connectivity index (χ1v) is 7.10. The highest BCUT2D eigenvalue weighted by molar-refractivity contribution is 4.69. The van der Waals surface area contributed by atoms with Crippen LogP contribution in [-0.2, 0) is 14.5 Å². The summed E-state index contributed by atoms with van der Waals surface area (Å²) in [4.78, 5) is 10.3. The molecule has 0 spiro atoms. The molecule has 0 atom stereocenters. The SMILES string of the molecule is COOC1(OC)CCCCCCCCCCC1. The lowest BCUT2D eigenvalue weighted by atomic mass is 9.97. The Morgan fingerprint density at radius 3 is 1.41 bits per heavy atom. The number of methoxy groups -OCH3 is 1. The van der Waals surface area contributed by atoms with E-state index in [4.69, 9.17) is 14.5 Å². The summed E-state index contributed by atoms with van der Waals surface area (Å²) in [5, 5.41) is 0. The Kier molecular flexibility index (Phi) is 7.82. The first-order valence-electron chi connectivity index (χ1n) is 7.10. The molecule has 0 radical (unpaired) electrons. The summed E-state index contributed by atoms with van der Waals surface area (Å²) in [7, 11) is 3.29. The van der Waals surface area contributed by atoms with E-state index in [1.54, 1.807) is 14.2 Å². The molecule has 0 aromatic rings. The van der Waals surface area contributed by atoms with Crippen LogP contribution >= 0.6 is 0 Å². The normalized spacial score (nSPS) is 23.6. The molecule has 1 saturated carbocycles. The average Bonchev–Trinajstić information content (AvgIpc) is 2.33. The van der Waals surface area contributed by atoms with Crippen molar-refractivity contribution >= 4 is 0 Å². The summed E-state index contributed by atoms with van der Waals surface area (Å²) in [5.74, 6) is -0.506. The Bertz CT molecular complexity index is 170. The molecule has 1 fully saturated rings. The number of ether oxygens (including phenoxy) is 1. The summed E-state index contributed by atoms with van der Waals surface area (Å²) in [6.45, 7) is 0. The van der Waals surface area contributed by atoms with Crippen LogP contribution in [0.1, 0.15) is 70.6 Å². The van der Waals surface area contributed by atoms with E-state index < -0.39 is 5.79 Å². The monoisotopic (exact) mass is 244 g/mol. The van der Waals surface area contributed by atoms with Gasteiger partial charge in [-0.3, -0.25) is 0 Å². The first kappa shape index (κ1) is 14.9. The van der Waals surface area contributed by atoms with Crippen LogP contribution in [0.3, 0.4) is 0 Å². The molecule has 1 aliphatic rings. The van der Waals surface area contributed by atoms with Gasteiger partial charge in [0.25, 0.3) is 0 Å². The van der Waals surface area contributed by atoms with Crippen LogP contribution in [0.15, 0.2) is 0 Å². The van der Waals surface area contributed by atoms with Gasteiger partial charge in [0.2, 0.25) is 5.79 Å². The van der Waals surface area contributed by atoms with Gasteiger partial charge >= 0.3 is 0 Å². The average molecular weight is 244 g/mol. The van der Waals surface area contributed by atoms with Crippen molar-refractivity contribution < 1.29 is 14.5 Å². The minimum Gasteiger partial charge on any atom is -0.351 e. The second-order valence-electron chi connectivity index (χ2n) is 5.05. The van der Waals surface area contributed by atoms with Crippen LogP contribution in [-0.4, -0.2) is 20.0 Å². The maximum Gasteiger partial charge on any atom is 0.201 e. The van der Waals surface area contributed by atoms with Crippen molar-refractivity contribution in [2.45, 2.75) is 76.4 Å². The van der Waals surface area contributed by atoms with Crippen molar-refractivity contribution in [3.8, 4) is 0 Å². The van der Waals surface area contributed by atoms with E-state index in [0.29, 0.717) is 0 Å². The highest BCUT2D eigenvalue weighted by Gasteiger charge is 2.31. The number of rotatable bonds is 3. The second-order valence-corrected chi connectivity index (χ2v) is 5.05. The molecule has 0 unspecified atom stereocenters. The Labute approximate surface area is 106 Å². The molecule has 0 heterocycles. The maximum absolute atomic E-state index is 5.58. The van der Waals surface area contributed by atoms with Gasteiger partial charge in [-0.25, -0.2) is 9.78 Å². The van der Waals surface area contributed by atoms with Crippen molar-refractivity contribution in [2.24, 2.45) is 0 Å². The van der Waals surface area contributed by atoms with E-state index in [2.05, 4.69) is 0 Å². The minimum absolute atomic E-state index is 0.506. The molecule has 3 heteroatoms. The third-order valence-electron chi connectivity index (χ3n) is 3.72. The molecule has 1 aliphatic carbocycles. The van der Waals surface area contributed by atoms with Crippen LogP contribution < -0.4 is 0 Å². The van der Waals surface area contributed by atoms with E-state index in [0.717, 1.165) is 25.7 Å². The van der Waals surface area contributed by atoms with Gasteiger partial charge in [-0.1, -0.05) is 44.9 Å². The molecule has 3 nitrogen and oxygen atoms in total. The Hall–Kier alpha value is -0.120. The summed E-state index contributed by atoms with van der Waals surface area (Å²) in [6, 6.07) is 0. The van der Waals surface area contributed by atoms with Gasteiger partial charge in [-0.15, -0.1) is 0 Å². The molecular weight excluding hydrogens is 216 g/mol. The van der Waals surface area contributed by atoms with Crippen molar-refractivity contribution in [1.29, 1.82) is 0 Å². The van der Waals surface area contributed by atoms with Crippen LogP contribution in [0.5, 0.6) is 0 Å². The highest BCUT2D eigenvalue weighted by Crippen LogP contribution is 2.28. The van der Waals surface area contributed by atoms with Gasteiger partial charge in [0.1, 0.15) is 0 Å². The van der Waals surface area contributed by atoms with Gasteiger partial charge in [-0.05, 0) is 12.8 Å². The predicted octanol–water partition coefficient (Wildman–Crippen LogP) is 4.21.